The van der Waals surface area contributed by atoms with Crippen molar-refractivity contribution in [3.05, 3.63) is 54.1 Å². The molecule has 8 nitrogen and oxygen atoms in total. The van der Waals surface area contributed by atoms with Gasteiger partial charge in [0.2, 0.25) is 17.0 Å². The minimum absolute atomic E-state index is 0.100. The molecule has 3 aromatic rings. The van der Waals surface area contributed by atoms with Gasteiger partial charge in [-0.15, -0.1) is 5.10 Å². The summed E-state index contributed by atoms with van der Waals surface area (Å²) < 4.78 is 1.63. The summed E-state index contributed by atoms with van der Waals surface area (Å²) in [6.07, 6.45) is 0.241. The second-order valence-electron chi connectivity index (χ2n) is 7.79. The number of thioether (sulfide) groups is 1. The fraction of sp³-hybridized carbons (Fsp3) is 0.318. The summed E-state index contributed by atoms with van der Waals surface area (Å²) in [5, 5.41) is 15.4. The highest BCUT2D eigenvalue weighted by Crippen LogP contribution is 2.32. The number of amides is 2. The van der Waals surface area contributed by atoms with Crippen molar-refractivity contribution in [3.63, 3.8) is 0 Å². The summed E-state index contributed by atoms with van der Waals surface area (Å²) in [7, 11) is 0. The molecule has 0 spiro atoms. The number of rotatable bonds is 5. The van der Waals surface area contributed by atoms with E-state index in [1.54, 1.807) is 15.6 Å². The highest BCUT2D eigenvalue weighted by molar-refractivity contribution is 7.99. The summed E-state index contributed by atoms with van der Waals surface area (Å²) >= 11 is 1.28. The van der Waals surface area contributed by atoms with E-state index in [1.165, 1.54) is 17.3 Å². The first-order valence-corrected chi connectivity index (χ1v) is 11.1. The van der Waals surface area contributed by atoms with Gasteiger partial charge in [0.15, 0.2) is 0 Å². The third-order valence-electron chi connectivity index (χ3n) is 5.20. The van der Waals surface area contributed by atoms with Gasteiger partial charge < -0.3 is 10.2 Å². The smallest absolute Gasteiger partial charge is 0.237 e. The van der Waals surface area contributed by atoms with Crippen LogP contribution in [0.5, 0.6) is 0 Å². The number of tetrazole rings is 1. The fourth-order valence-corrected chi connectivity index (χ4v) is 4.35. The molecule has 2 aromatic carbocycles. The van der Waals surface area contributed by atoms with E-state index in [0.29, 0.717) is 22.4 Å². The number of anilines is 2. The van der Waals surface area contributed by atoms with Crippen molar-refractivity contribution < 1.29 is 9.59 Å². The third kappa shape index (κ3) is 4.46. The van der Waals surface area contributed by atoms with Crippen molar-refractivity contribution in [2.24, 2.45) is 0 Å². The lowest BCUT2D eigenvalue weighted by Crippen LogP contribution is -2.40. The molecule has 0 saturated carbocycles. The van der Waals surface area contributed by atoms with E-state index < -0.39 is 0 Å². The van der Waals surface area contributed by atoms with E-state index in [4.69, 9.17) is 0 Å². The van der Waals surface area contributed by atoms with Crippen LogP contribution >= 0.6 is 11.8 Å². The lowest BCUT2D eigenvalue weighted by Gasteiger charge is -2.27. The molecule has 2 heterocycles. The number of benzene rings is 2. The molecule has 1 N–H and O–H groups in total. The van der Waals surface area contributed by atoms with E-state index in [0.717, 1.165) is 5.69 Å². The Kier molecular flexibility index (Phi) is 6.03. The van der Waals surface area contributed by atoms with Gasteiger partial charge in [0, 0.05) is 12.5 Å². The number of nitrogens with one attached hydrogen (secondary N) is 1. The largest absolute Gasteiger partial charge is 0.324 e. The standard InChI is InChI=1S/C22H24N6O2S/c1-14(2)16-8-10-17(11-9-16)28-22(24-25-26-28)31-13-21(30)27-15(3)12-20(29)23-18-6-4-5-7-19(18)27/h4-11,14-15H,12-13H2,1-3H3,(H,23,29)/t15-/m1/s1. The SMILES string of the molecule is CC(C)c1ccc(-n2nnnc2SCC(=O)N2c3ccccc3NC(=O)C[C@H]2C)cc1. The van der Waals surface area contributed by atoms with Crippen LogP contribution < -0.4 is 10.2 Å². The van der Waals surface area contributed by atoms with Crippen LogP contribution in [0.15, 0.2) is 53.7 Å². The minimum atomic E-state index is -0.253. The Morgan fingerprint density at radius 3 is 2.68 bits per heavy atom. The number of aromatic nitrogens is 4. The van der Waals surface area contributed by atoms with Gasteiger partial charge in [0.1, 0.15) is 0 Å². The average molecular weight is 437 g/mol. The Labute approximate surface area is 185 Å². The second-order valence-corrected chi connectivity index (χ2v) is 8.73. The first-order valence-electron chi connectivity index (χ1n) is 10.2. The van der Waals surface area contributed by atoms with Crippen molar-refractivity contribution in [3.8, 4) is 5.69 Å². The lowest BCUT2D eigenvalue weighted by atomic mass is 10.0. The summed E-state index contributed by atoms with van der Waals surface area (Å²) in [6.45, 7) is 6.17. The number of fused-ring (bicyclic) bond motifs is 1. The van der Waals surface area contributed by atoms with Crippen molar-refractivity contribution in [1.82, 2.24) is 20.2 Å². The number of carbonyl (C=O) groups is 2. The van der Waals surface area contributed by atoms with Crippen molar-refractivity contribution in [1.29, 1.82) is 0 Å². The molecule has 2 amide bonds. The Bertz CT molecular complexity index is 1100. The maximum atomic E-state index is 13.2. The van der Waals surface area contributed by atoms with Crippen LogP contribution in [0.2, 0.25) is 0 Å². The average Bonchev–Trinajstić information content (AvgIpc) is 3.17. The zero-order chi connectivity index (χ0) is 22.0. The van der Waals surface area contributed by atoms with Crippen molar-refractivity contribution in [2.45, 2.75) is 44.3 Å². The van der Waals surface area contributed by atoms with Crippen LogP contribution in [0.4, 0.5) is 11.4 Å². The predicted molar refractivity (Wildman–Crippen MR) is 121 cm³/mol. The van der Waals surface area contributed by atoms with E-state index in [-0.39, 0.29) is 30.0 Å². The topological polar surface area (TPSA) is 93.0 Å². The molecule has 0 bridgehead atoms. The van der Waals surface area contributed by atoms with Gasteiger partial charge in [0.05, 0.1) is 22.8 Å². The molecule has 1 aliphatic heterocycles. The molecule has 31 heavy (non-hydrogen) atoms. The molecule has 0 unspecified atom stereocenters. The molecular formula is C22H24N6O2S. The summed E-state index contributed by atoms with van der Waals surface area (Å²) in [5.41, 5.74) is 3.42. The first kappa shape index (κ1) is 21.0. The van der Waals surface area contributed by atoms with Gasteiger partial charge in [-0.3, -0.25) is 9.59 Å². The Morgan fingerprint density at radius 1 is 1.19 bits per heavy atom. The fourth-order valence-electron chi connectivity index (χ4n) is 3.60. The molecule has 0 saturated heterocycles. The molecule has 0 radical (unpaired) electrons. The molecule has 160 valence electrons. The molecule has 1 atom stereocenters. The van der Waals surface area contributed by atoms with Crippen LogP contribution in [0.25, 0.3) is 5.69 Å². The molecular weight excluding hydrogens is 412 g/mol. The van der Waals surface area contributed by atoms with E-state index in [1.807, 2.05) is 37.3 Å². The maximum Gasteiger partial charge on any atom is 0.237 e. The number of nitrogens with zero attached hydrogens (tertiary/aromatic N) is 5. The van der Waals surface area contributed by atoms with E-state index in [9.17, 15) is 9.59 Å². The third-order valence-corrected chi connectivity index (χ3v) is 6.10. The number of hydrogen-bond donors (Lipinski definition) is 1. The van der Waals surface area contributed by atoms with Gasteiger partial charge in [-0.25, -0.2) is 0 Å². The molecule has 0 aliphatic carbocycles. The van der Waals surface area contributed by atoms with Crippen LogP contribution in [-0.4, -0.2) is 43.8 Å². The number of hydrogen-bond acceptors (Lipinski definition) is 6. The quantitative estimate of drug-likeness (QED) is 0.614. The highest BCUT2D eigenvalue weighted by Gasteiger charge is 2.29. The highest BCUT2D eigenvalue weighted by atomic mass is 32.2. The van der Waals surface area contributed by atoms with Gasteiger partial charge in [0.25, 0.3) is 0 Å². The van der Waals surface area contributed by atoms with Gasteiger partial charge in [-0.2, -0.15) is 4.68 Å². The van der Waals surface area contributed by atoms with E-state index in [2.05, 4.69) is 46.8 Å². The summed E-state index contributed by atoms with van der Waals surface area (Å²) in [5.74, 6) is 0.384. The number of carbonyl (C=O) groups excluding carboxylic acids is 2. The molecule has 4 rings (SSSR count). The Hall–Kier alpha value is -3.20. The van der Waals surface area contributed by atoms with Crippen LogP contribution in [0, 0.1) is 0 Å². The maximum absolute atomic E-state index is 13.2. The summed E-state index contributed by atoms with van der Waals surface area (Å²) in [4.78, 5) is 27.0. The van der Waals surface area contributed by atoms with Crippen molar-refractivity contribution in [2.75, 3.05) is 16.0 Å². The normalized spacial score (nSPS) is 16.1. The number of para-hydroxylation sites is 2. The van der Waals surface area contributed by atoms with Crippen molar-refractivity contribution >= 4 is 35.0 Å². The predicted octanol–water partition coefficient (Wildman–Crippen LogP) is 3.64. The minimum Gasteiger partial charge on any atom is -0.324 e. The zero-order valence-electron chi connectivity index (χ0n) is 17.6. The molecule has 1 aliphatic rings. The van der Waals surface area contributed by atoms with Gasteiger partial charge in [-0.1, -0.05) is 49.9 Å². The lowest BCUT2D eigenvalue weighted by molar-refractivity contribution is -0.117. The van der Waals surface area contributed by atoms with Gasteiger partial charge >= 0.3 is 0 Å². The zero-order valence-corrected chi connectivity index (χ0v) is 18.5. The van der Waals surface area contributed by atoms with Crippen LogP contribution in [0.1, 0.15) is 38.7 Å². The molecule has 0 fully saturated rings. The molecule has 1 aromatic heterocycles. The van der Waals surface area contributed by atoms with E-state index >= 15 is 0 Å². The monoisotopic (exact) mass is 436 g/mol. The Morgan fingerprint density at radius 2 is 1.94 bits per heavy atom. The second kappa shape index (κ2) is 8.89. The molecule has 9 heteroatoms. The van der Waals surface area contributed by atoms with Crippen LogP contribution in [-0.2, 0) is 9.59 Å². The first-order chi connectivity index (χ1) is 14.9. The van der Waals surface area contributed by atoms with Gasteiger partial charge in [-0.05, 0) is 53.1 Å². The van der Waals surface area contributed by atoms with Crippen LogP contribution in [0.3, 0.4) is 0 Å². The Balaban J connectivity index is 1.52. The summed E-state index contributed by atoms with van der Waals surface area (Å²) in [6, 6.07) is 15.2.